The second-order valence-electron chi connectivity index (χ2n) is 3.44. The Bertz CT molecular complexity index is 468. The molecule has 1 atom stereocenters. The van der Waals surface area contributed by atoms with Gasteiger partial charge in [-0.05, 0) is 17.7 Å². The van der Waals surface area contributed by atoms with Crippen LogP contribution in [-0.4, -0.2) is 27.6 Å². The van der Waals surface area contributed by atoms with Crippen molar-refractivity contribution in [2.24, 2.45) is 4.99 Å². The lowest BCUT2D eigenvalue weighted by molar-refractivity contribution is 0.240. The summed E-state index contributed by atoms with van der Waals surface area (Å²) in [6.07, 6.45) is 2.55. The van der Waals surface area contributed by atoms with Gasteiger partial charge in [-0.2, -0.15) is 0 Å². The van der Waals surface area contributed by atoms with Gasteiger partial charge in [0.05, 0.1) is 11.4 Å². The average Bonchev–Trinajstić information content (AvgIpc) is 2.69. The largest absolute Gasteiger partial charge is 0.474 e. The smallest absolute Gasteiger partial charge is 0.175 e. The summed E-state index contributed by atoms with van der Waals surface area (Å²) in [5.74, 6) is 0. The Labute approximate surface area is 88.5 Å². The summed E-state index contributed by atoms with van der Waals surface area (Å²) in [7, 11) is -3.12. The fraction of sp³-hybridized carbons (Fsp3) is 0.300. The van der Waals surface area contributed by atoms with E-state index < -0.39 is 9.84 Å². The summed E-state index contributed by atoms with van der Waals surface area (Å²) in [6.45, 7) is 0.595. The van der Waals surface area contributed by atoms with Crippen molar-refractivity contribution in [3.63, 3.8) is 0 Å². The second kappa shape index (κ2) is 3.66. The molecule has 0 bridgehead atoms. The molecule has 0 N–H and O–H groups in total. The third-order valence-electron chi connectivity index (χ3n) is 2.25. The van der Waals surface area contributed by atoms with E-state index in [-0.39, 0.29) is 6.10 Å². The van der Waals surface area contributed by atoms with Crippen molar-refractivity contribution >= 4 is 16.2 Å². The summed E-state index contributed by atoms with van der Waals surface area (Å²) in [6, 6.07) is 6.70. The number of rotatable bonds is 2. The molecule has 2 rings (SSSR count). The zero-order valence-corrected chi connectivity index (χ0v) is 9.07. The third-order valence-corrected chi connectivity index (χ3v) is 3.38. The molecule has 15 heavy (non-hydrogen) atoms. The van der Waals surface area contributed by atoms with Crippen molar-refractivity contribution < 1.29 is 13.2 Å². The highest BCUT2D eigenvalue weighted by atomic mass is 32.2. The Morgan fingerprint density at radius 1 is 1.33 bits per heavy atom. The lowest BCUT2D eigenvalue weighted by Gasteiger charge is -2.09. The van der Waals surface area contributed by atoms with E-state index in [1.807, 2.05) is 0 Å². The fourth-order valence-corrected chi connectivity index (χ4v) is 2.04. The van der Waals surface area contributed by atoms with Crippen molar-refractivity contribution in [2.75, 3.05) is 12.8 Å². The maximum absolute atomic E-state index is 11.2. The number of ether oxygens (including phenoxy) is 1. The molecule has 0 spiro atoms. The summed E-state index contributed by atoms with van der Waals surface area (Å²) in [4.78, 5) is 4.27. The minimum atomic E-state index is -3.12. The normalized spacial score (nSPS) is 20.2. The predicted molar refractivity (Wildman–Crippen MR) is 56.7 cm³/mol. The molecule has 1 aromatic carbocycles. The van der Waals surface area contributed by atoms with Crippen LogP contribution in [0.3, 0.4) is 0 Å². The minimum Gasteiger partial charge on any atom is -0.474 e. The summed E-state index contributed by atoms with van der Waals surface area (Å²) in [5.41, 5.74) is 0.944. The van der Waals surface area contributed by atoms with Gasteiger partial charge in [0.1, 0.15) is 6.10 Å². The van der Waals surface area contributed by atoms with Gasteiger partial charge >= 0.3 is 0 Å². The van der Waals surface area contributed by atoms with Crippen molar-refractivity contribution in [1.29, 1.82) is 0 Å². The van der Waals surface area contributed by atoms with Gasteiger partial charge in [-0.15, -0.1) is 0 Å². The van der Waals surface area contributed by atoms with Crippen LogP contribution in [-0.2, 0) is 14.6 Å². The molecule has 0 amide bonds. The Hall–Kier alpha value is -1.36. The number of benzene rings is 1. The molecule has 0 aliphatic carbocycles. The van der Waals surface area contributed by atoms with E-state index in [1.165, 1.54) is 12.7 Å². The van der Waals surface area contributed by atoms with E-state index in [0.29, 0.717) is 11.4 Å². The van der Waals surface area contributed by atoms with Gasteiger partial charge in [0.25, 0.3) is 0 Å². The van der Waals surface area contributed by atoms with Gasteiger partial charge in [0.2, 0.25) is 0 Å². The Morgan fingerprint density at radius 2 is 2.00 bits per heavy atom. The fourth-order valence-electron chi connectivity index (χ4n) is 1.41. The summed E-state index contributed by atoms with van der Waals surface area (Å²) >= 11 is 0. The van der Waals surface area contributed by atoms with Gasteiger partial charge < -0.3 is 4.74 Å². The molecule has 0 fully saturated rings. The molecule has 1 aliphatic heterocycles. The number of nitrogens with zero attached hydrogens (tertiary/aromatic N) is 1. The van der Waals surface area contributed by atoms with E-state index in [9.17, 15) is 8.42 Å². The second-order valence-corrected chi connectivity index (χ2v) is 5.45. The van der Waals surface area contributed by atoms with Gasteiger partial charge in [-0.3, -0.25) is 4.99 Å². The maximum atomic E-state index is 11.2. The van der Waals surface area contributed by atoms with E-state index >= 15 is 0 Å². The molecule has 1 aliphatic rings. The van der Waals surface area contributed by atoms with Crippen LogP contribution in [0.1, 0.15) is 11.7 Å². The van der Waals surface area contributed by atoms with Gasteiger partial charge in [0.15, 0.2) is 16.2 Å². The van der Waals surface area contributed by atoms with E-state index in [0.717, 1.165) is 5.56 Å². The first-order chi connectivity index (χ1) is 7.07. The van der Waals surface area contributed by atoms with Crippen molar-refractivity contribution in [3.8, 4) is 0 Å². The van der Waals surface area contributed by atoms with E-state index in [2.05, 4.69) is 4.99 Å². The first-order valence-corrected chi connectivity index (χ1v) is 6.40. The highest BCUT2D eigenvalue weighted by Gasteiger charge is 2.15. The lowest BCUT2D eigenvalue weighted by atomic mass is 10.1. The van der Waals surface area contributed by atoms with Crippen LogP contribution in [0.4, 0.5) is 0 Å². The van der Waals surface area contributed by atoms with Crippen LogP contribution in [0.15, 0.2) is 34.2 Å². The molecular weight excluding hydrogens is 214 g/mol. The Kier molecular flexibility index (Phi) is 2.48. The minimum absolute atomic E-state index is 0.0707. The van der Waals surface area contributed by atoms with Gasteiger partial charge in [-0.1, -0.05) is 12.1 Å². The molecule has 0 saturated carbocycles. The molecule has 1 heterocycles. The molecule has 0 radical (unpaired) electrons. The number of hydrogen-bond donors (Lipinski definition) is 0. The molecule has 5 heteroatoms. The summed E-state index contributed by atoms with van der Waals surface area (Å²) < 4.78 is 27.6. The van der Waals surface area contributed by atoms with Crippen LogP contribution in [0.25, 0.3) is 0 Å². The molecule has 80 valence electrons. The van der Waals surface area contributed by atoms with Gasteiger partial charge in [-0.25, -0.2) is 8.42 Å². The van der Waals surface area contributed by atoms with Crippen LogP contribution in [0.5, 0.6) is 0 Å². The van der Waals surface area contributed by atoms with Crippen LogP contribution in [0, 0.1) is 0 Å². The highest BCUT2D eigenvalue weighted by Crippen LogP contribution is 2.21. The quantitative estimate of drug-likeness (QED) is 0.759. The van der Waals surface area contributed by atoms with Gasteiger partial charge in [0, 0.05) is 6.26 Å². The molecular formula is C10H11NO3S. The monoisotopic (exact) mass is 225 g/mol. The molecule has 1 aromatic rings. The summed E-state index contributed by atoms with van der Waals surface area (Å²) in [5, 5.41) is 0. The predicted octanol–water partition coefficient (Wildman–Crippen LogP) is 1.19. The zero-order chi connectivity index (χ0) is 10.9. The molecule has 1 unspecified atom stereocenters. The van der Waals surface area contributed by atoms with Crippen LogP contribution < -0.4 is 0 Å². The van der Waals surface area contributed by atoms with E-state index in [4.69, 9.17) is 4.74 Å². The SMILES string of the molecule is CS(=O)(=O)c1ccc(C2CN=CO2)cc1. The van der Waals surface area contributed by atoms with Crippen molar-refractivity contribution in [3.05, 3.63) is 29.8 Å². The highest BCUT2D eigenvalue weighted by molar-refractivity contribution is 7.90. The first kappa shape index (κ1) is 10.2. The Balaban J connectivity index is 2.24. The van der Waals surface area contributed by atoms with Crippen molar-refractivity contribution in [2.45, 2.75) is 11.0 Å². The Morgan fingerprint density at radius 3 is 2.47 bits per heavy atom. The molecule has 0 aromatic heterocycles. The topological polar surface area (TPSA) is 55.7 Å². The average molecular weight is 225 g/mol. The zero-order valence-electron chi connectivity index (χ0n) is 8.25. The molecule has 4 nitrogen and oxygen atoms in total. The third kappa shape index (κ3) is 2.18. The lowest BCUT2D eigenvalue weighted by Crippen LogP contribution is -2.02. The number of sulfone groups is 1. The first-order valence-electron chi connectivity index (χ1n) is 4.51. The van der Waals surface area contributed by atoms with Crippen LogP contribution >= 0.6 is 0 Å². The van der Waals surface area contributed by atoms with E-state index in [1.54, 1.807) is 24.3 Å². The molecule has 0 saturated heterocycles. The maximum Gasteiger partial charge on any atom is 0.175 e. The van der Waals surface area contributed by atoms with Crippen molar-refractivity contribution in [1.82, 2.24) is 0 Å². The number of aliphatic imine (C=N–C) groups is 1. The number of hydrogen-bond acceptors (Lipinski definition) is 4. The van der Waals surface area contributed by atoms with Crippen LogP contribution in [0.2, 0.25) is 0 Å². The standard InChI is InChI=1S/C10H11NO3S/c1-15(12,13)9-4-2-8(3-5-9)10-6-11-7-14-10/h2-5,7,10H,6H2,1H3.